The number of fused-ring (bicyclic) bond motifs is 3. The molecule has 16 heavy (non-hydrogen) atoms. The highest BCUT2D eigenvalue weighted by Gasteiger charge is 2.38. The number of halogens is 1. The molecule has 0 aliphatic carbocycles. The van der Waals surface area contributed by atoms with Gasteiger partial charge < -0.3 is 9.64 Å². The van der Waals surface area contributed by atoms with Crippen molar-refractivity contribution >= 4 is 5.82 Å². The standard InChI is InChI=1S/C12H15FN2O/c1-2-8-3-4-14-12-11(8)16-7-10-5-9(13)6-15(10)12/h3-4,9-10H,2,5-7H2,1H3/t9-,10?/m1/s1. The fraction of sp³-hybridized carbons (Fsp3) is 0.583. The Morgan fingerprint density at radius 2 is 2.50 bits per heavy atom. The van der Waals surface area contributed by atoms with Gasteiger partial charge >= 0.3 is 0 Å². The van der Waals surface area contributed by atoms with Crippen LogP contribution in [0, 0.1) is 0 Å². The highest BCUT2D eigenvalue weighted by atomic mass is 19.1. The van der Waals surface area contributed by atoms with E-state index in [0.29, 0.717) is 19.6 Å². The zero-order chi connectivity index (χ0) is 11.1. The monoisotopic (exact) mass is 222 g/mol. The minimum absolute atomic E-state index is 0.169. The van der Waals surface area contributed by atoms with Gasteiger partial charge in [-0.2, -0.15) is 0 Å². The van der Waals surface area contributed by atoms with Crippen molar-refractivity contribution < 1.29 is 9.13 Å². The van der Waals surface area contributed by atoms with Crippen LogP contribution in [0.2, 0.25) is 0 Å². The Hall–Kier alpha value is -1.32. The Balaban J connectivity index is 2.03. The number of pyridine rings is 1. The van der Waals surface area contributed by atoms with Gasteiger partial charge in [0.1, 0.15) is 12.8 Å². The number of nitrogens with zero attached hydrogens (tertiary/aromatic N) is 2. The molecule has 2 aliphatic rings. The predicted molar refractivity (Wildman–Crippen MR) is 59.8 cm³/mol. The van der Waals surface area contributed by atoms with Gasteiger partial charge in [-0.3, -0.25) is 0 Å². The van der Waals surface area contributed by atoms with E-state index in [4.69, 9.17) is 4.74 Å². The maximum absolute atomic E-state index is 13.4. The maximum Gasteiger partial charge on any atom is 0.172 e. The molecule has 3 rings (SSSR count). The predicted octanol–water partition coefficient (Wildman–Crippen LogP) is 1.95. The van der Waals surface area contributed by atoms with Gasteiger partial charge in [0.25, 0.3) is 0 Å². The van der Waals surface area contributed by atoms with Crippen LogP contribution in [0.4, 0.5) is 10.2 Å². The van der Waals surface area contributed by atoms with Gasteiger partial charge in [0, 0.05) is 12.6 Å². The summed E-state index contributed by atoms with van der Waals surface area (Å²) in [5.41, 5.74) is 1.16. The highest BCUT2D eigenvalue weighted by molar-refractivity contribution is 5.59. The van der Waals surface area contributed by atoms with E-state index in [1.807, 2.05) is 6.07 Å². The van der Waals surface area contributed by atoms with Gasteiger partial charge in [-0.25, -0.2) is 9.37 Å². The molecule has 1 unspecified atom stereocenters. The maximum atomic E-state index is 13.4. The average Bonchev–Trinajstić information content (AvgIpc) is 2.69. The van der Waals surface area contributed by atoms with E-state index >= 15 is 0 Å². The van der Waals surface area contributed by atoms with Crippen molar-refractivity contribution in [3.8, 4) is 5.75 Å². The van der Waals surface area contributed by atoms with E-state index in [9.17, 15) is 4.39 Å². The van der Waals surface area contributed by atoms with Crippen molar-refractivity contribution in [3.05, 3.63) is 17.8 Å². The smallest absolute Gasteiger partial charge is 0.172 e. The first kappa shape index (κ1) is 9.87. The van der Waals surface area contributed by atoms with Gasteiger partial charge in [0.15, 0.2) is 11.6 Å². The van der Waals surface area contributed by atoms with Crippen LogP contribution in [0.1, 0.15) is 18.9 Å². The first-order valence-corrected chi connectivity index (χ1v) is 5.81. The van der Waals surface area contributed by atoms with Crippen LogP contribution in [0.5, 0.6) is 5.75 Å². The molecule has 0 spiro atoms. The Morgan fingerprint density at radius 3 is 3.31 bits per heavy atom. The van der Waals surface area contributed by atoms with Crippen molar-refractivity contribution in [1.82, 2.24) is 4.98 Å². The number of hydrogen-bond acceptors (Lipinski definition) is 3. The van der Waals surface area contributed by atoms with Crippen LogP contribution in [-0.2, 0) is 6.42 Å². The fourth-order valence-corrected chi connectivity index (χ4v) is 2.57. The first-order valence-electron chi connectivity index (χ1n) is 5.81. The van der Waals surface area contributed by atoms with Crippen LogP contribution >= 0.6 is 0 Å². The molecule has 1 aromatic rings. The molecule has 1 aromatic heterocycles. The molecule has 1 saturated heterocycles. The molecule has 2 atom stereocenters. The number of rotatable bonds is 1. The van der Waals surface area contributed by atoms with E-state index in [-0.39, 0.29) is 6.04 Å². The van der Waals surface area contributed by atoms with E-state index in [1.54, 1.807) is 6.20 Å². The van der Waals surface area contributed by atoms with Crippen LogP contribution in [-0.4, -0.2) is 30.3 Å². The molecule has 0 N–H and O–H groups in total. The summed E-state index contributed by atoms with van der Waals surface area (Å²) >= 11 is 0. The third kappa shape index (κ3) is 1.36. The summed E-state index contributed by atoms with van der Waals surface area (Å²) < 4.78 is 19.1. The normalized spacial score (nSPS) is 27.2. The molecule has 3 nitrogen and oxygen atoms in total. The lowest BCUT2D eigenvalue weighted by Gasteiger charge is -2.32. The fourth-order valence-electron chi connectivity index (χ4n) is 2.57. The van der Waals surface area contributed by atoms with Gasteiger partial charge in [-0.1, -0.05) is 6.92 Å². The molecule has 0 saturated carbocycles. The number of aryl methyl sites for hydroxylation is 1. The average molecular weight is 222 g/mol. The first-order chi connectivity index (χ1) is 7.79. The minimum atomic E-state index is -0.744. The Kier molecular flexibility index (Phi) is 2.23. The zero-order valence-electron chi connectivity index (χ0n) is 9.32. The van der Waals surface area contributed by atoms with Crippen molar-refractivity contribution in [3.63, 3.8) is 0 Å². The SMILES string of the molecule is CCc1ccnc2c1OCC1C[C@@H](F)CN21. The summed E-state index contributed by atoms with van der Waals surface area (Å²) in [7, 11) is 0. The van der Waals surface area contributed by atoms with Gasteiger partial charge in [0.05, 0.1) is 12.6 Å². The van der Waals surface area contributed by atoms with Crippen molar-refractivity contribution in [2.24, 2.45) is 0 Å². The molecule has 0 amide bonds. The van der Waals surface area contributed by atoms with Crippen molar-refractivity contribution in [2.45, 2.75) is 32.0 Å². The lowest BCUT2D eigenvalue weighted by Crippen LogP contribution is -2.39. The van der Waals surface area contributed by atoms with Crippen LogP contribution < -0.4 is 9.64 Å². The molecule has 2 aliphatic heterocycles. The van der Waals surface area contributed by atoms with Gasteiger partial charge in [-0.05, 0) is 18.1 Å². The second kappa shape index (κ2) is 3.61. The summed E-state index contributed by atoms with van der Waals surface area (Å²) in [4.78, 5) is 6.40. The topological polar surface area (TPSA) is 25.4 Å². The second-order valence-corrected chi connectivity index (χ2v) is 4.43. The van der Waals surface area contributed by atoms with Crippen molar-refractivity contribution in [2.75, 3.05) is 18.1 Å². The van der Waals surface area contributed by atoms with E-state index in [0.717, 1.165) is 23.6 Å². The molecule has 0 aromatic carbocycles. The highest BCUT2D eigenvalue weighted by Crippen LogP contribution is 2.39. The Bertz CT molecular complexity index is 410. The van der Waals surface area contributed by atoms with E-state index in [1.165, 1.54) is 0 Å². The summed E-state index contributed by atoms with van der Waals surface area (Å²) in [5.74, 6) is 1.69. The minimum Gasteiger partial charge on any atom is -0.487 e. The molecule has 1 fully saturated rings. The molecular formula is C12H15FN2O. The molecular weight excluding hydrogens is 207 g/mol. The molecule has 0 bridgehead atoms. The zero-order valence-corrected chi connectivity index (χ0v) is 9.32. The van der Waals surface area contributed by atoms with Gasteiger partial charge in [0.2, 0.25) is 0 Å². The summed E-state index contributed by atoms with van der Waals surface area (Å²) in [5, 5.41) is 0. The van der Waals surface area contributed by atoms with E-state index in [2.05, 4.69) is 16.8 Å². The lowest BCUT2D eigenvalue weighted by atomic mass is 10.1. The Labute approximate surface area is 94.2 Å². The molecule has 0 radical (unpaired) electrons. The number of anilines is 1. The number of hydrogen-bond donors (Lipinski definition) is 0. The van der Waals surface area contributed by atoms with Crippen LogP contribution in [0.15, 0.2) is 12.3 Å². The number of ether oxygens (including phenoxy) is 1. The third-order valence-corrected chi connectivity index (χ3v) is 3.40. The van der Waals surface area contributed by atoms with E-state index < -0.39 is 6.17 Å². The molecule has 3 heterocycles. The van der Waals surface area contributed by atoms with Crippen molar-refractivity contribution in [1.29, 1.82) is 0 Å². The largest absolute Gasteiger partial charge is 0.487 e. The summed E-state index contributed by atoms with van der Waals surface area (Å²) in [6.45, 7) is 3.14. The molecule has 86 valence electrons. The van der Waals surface area contributed by atoms with Gasteiger partial charge in [-0.15, -0.1) is 0 Å². The summed E-state index contributed by atoms with van der Waals surface area (Å²) in [6.07, 6.45) is 2.53. The molecule has 4 heteroatoms. The number of aromatic nitrogens is 1. The Morgan fingerprint density at radius 1 is 1.62 bits per heavy atom. The second-order valence-electron chi connectivity index (χ2n) is 4.43. The third-order valence-electron chi connectivity index (χ3n) is 3.40. The quantitative estimate of drug-likeness (QED) is 0.726. The lowest BCUT2D eigenvalue weighted by molar-refractivity contribution is 0.259. The number of alkyl halides is 1. The van der Waals surface area contributed by atoms with Crippen LogP contribution in [0.25, 0.3) is 0 Å². The summed E-state index contributed by atoms with van der Waals surface area (Å²) in [6, 6.07) is 2.14. The van der Waals surface area contributed by atoms with Crippen LogP contribution in [0.3, 0.4) is 0 Å².